The minimum Gasteiger partial charge on any atom is -0.355 e. The van der Waals surface area contributed by atoms with Crippen molar-refractivity contribution in [1.29, 1.82) is 0 Å². The van der Waals surface area contributed by atoms with Gasteiger partial charge in [-0.2, -0.15) is 0 Å². The summed E-state index contributed by atoms with van der Waals surface area (Å²) in [6.07, 6.45) is 19.8. The van der Waals surface area contributed by atoms with Crippen LogP contribution in [0.4, 0.5) is 0 Å². The summed E-state index contributed by atoms with van der Waals surface area (Å²) in [6.45, 7) is 0. The molecule has 0 amide bonds. The molecular formula is C38H28N2. The zero-order valence-electron chi connectivity index (χ0n) is 22.1. The van der Waals surface area contributed by atoms with Crippen molar-refractivity contribution < 1.29 is 0 Å². The van der Waals surface area contributed by atoms with E-state index >= 15 is 0 Å². The van der Waals surface area contributed by atoms with Crippen LogP contribution < -0.4 is 10.6 Å². The third-order valence-corrected chi connectivity index (χ3v) is 8.21. The fourth-order valence-electron chi connectivity index (χ4n) is 6.28. The second kappa shape index (κ2) is 9.29. The number of fused-ring (bicyclic) bond motifs is 6. The second-order valence-electron chi connectivity index (χ2n) is 10.6. The zero-order chi connectivity index (χ0) is 26.5. The molecule has 0 bridgehead atoms. The fraction of sp³-hybridized carbons (Fsp3) is 0.0526. The van der Waals surface area contributed by atoms with Crippen LogP contribution in [0.2, 0.25) is 0 Å². The minimum absolute atomic E-state index is 0.876. The molecule has 2 aromatic heterocycles. The monoisotopic (exact) mass is 512 g/mol. The van der Waals surface area contributed by atoms with E-state index in [1.165, 1.54) is 71.2 Å². The van der Waals surface area contributed by atoms with Crippen molar-refractivity contribution >= 4 is 56.0 Å². The maximum atomic E-state index is 3.57. The van der Waals surface area contributed by atoms with Gasteiger partial charge in [0.05, 0.1) is 10.9 Å². The van der Waals surface area contributed by atoms with Crippen molar-refractivity contribution in [2.75, 3.05) is 0 Å². The highest BCUT2D eigenvalue weighted by atomic mass is 15.0. The Morgan fingerprint density at radius 3 is 2.42 bits per heavy atom. The Morgan fingerprint density at radius 2 is 1.48 bits per heavy atom. The Hall–Kier alpha value is -5.08. The lowest BCUT2D eigenvalue weighted by atomic mass is 9.99. The van der Waals surface area contributed by atoms with Crippen molar-refractivity contribution in [3.8, 4) is 5.69 Å². The van der Waals surface area contributed by atoms with Gasteiger partial charge in [0.2, 0.25) is 0 Å². The van der Waals surface area contributed by atoms with E-state index in [0.717, 1.165) is 12.8 Å². The number of benzene rings is 4. The van der Waals surface area contributed by atoms with Gasteiger partial charge in [0, 0.05) is 38.1 Å². The largest absolute Gasteiger partial charge is 0.355 e. The smallest absolute Gasteiger partial charge is 0.0541 e. The summed E-state index contributed by atoms with van der Waals surface area (Å²) in [5.41, 5.74) is 9.91. The molecule has 0 unspecified atom stereocenters. The van der Waals surface area contributed by atoms with Crippen LogP contribution in [0.5, 0.6) is 0 Å². The number of hydrogen-bond acceptors (Lipinski definition) is 0. The molecule has 2 aliphatic rings. The fourth-order valence-corrected chi connectivity index (χ4v) is 6.28. The molecule has 1 N–H and O–H groups in total. The van der Waals surface area contributed by atoms with Crippen molar-refractivity contribution in [1.82, 2.24) is 9.55 Å². The van der Waals surface area contributed by atoms with Crippen LogP contribution in [0.25, 0.3) is 61.7 Å². The first-order chi connectivity index (χ1) is 19.8. The van der Waals surface area contributed by atoms with Crippen LogP contribution in [0.1, 0.15) is 24.0 Å². The first-order valence-corrected chi connectivity index (χ1v) is 14.0. The van der Waals surface area contributed by atoms with Crippen molar-refractivity contribution in [3.05, 3.63) is 149 Å². The number of aromatic nitrogens is 2. The number of nitrogens with one attached hydrogen (secondary N) is 1. The number of para-hydroxylation sites is 2. The van der Waals surface area contributed by atoms with E-state index in [-0.39, 0.29) is 0 Å². The van der Waals surface area contributed by atoms with Crippen LogP contribution in [0.3, 0.4) is 0 Å². The molecule has 2 nitrogen and oxygen atoms in total. The molecule has 8 rings (SSSR count). The average molecular weight is 513 g/mol. The van der Waals surface area contributed by atoms with Gasteiger partial charge >= 0.3 is 0 Å². The summed E-state index contributed by atoms with van der Waals surface area (Å²) < 4.78 is 2.42. The Morgan fingerprint density at radius 1 is 0.650 bits per heavy atom. The van der Waals surface area contributed by atoms with Crippen LogP contribution in [-0.4, -0.2) is 9.55 Å². The molecule has 0 saturated heterocycles. The quantitative estimate of drug-likeness (QED) is 0.247. The van der Waals surface area contributed by atoms with E-state index in [1.54, 1.807) is 0 Å². The van der Waals surface area contributed by atoms with E-state index in [1.807, 2.05) is 0 Å². The Bertz CT molecular complexity index is 2190. The molecule has 2 aliphatic carbocycles. The number of nitrogens with zero attached hydrogens (tertiary/aromatic N) is 1. The lowest BCUT2D eigenvalue weighted by Crippen LogP contribution is -2.28. The average Bonchev–Trinajstić information content (AvgIpc) is 3.24. The molecular weight excluding hydrogens is 484 g/mol. The van der Waals surface area contributed by atoms with E-state index in [2.05, 4.69) is 149 Å². The molecule has 4 aromatic carbocycles. The first-order valence-electron chi connectivity index (χ1n) is 14.0. The SMILES string of the molecule is C1=CC=C(c2ccc3c(c2)c2c(n3-c3ccccc3)=CCC=C(c3ccc4[nH]c5ccccc5c4c3)C=2)CC=C1. The number of allylic oxidation sites excluding steroid dienone is 8. The van der Waals surface area contributed by atoms with Crippen molar-refractivity contribution in [2.45, 2.75) is 12.8 Å². The standard InChI is InChI=1S/C38H28N2/c1-2-5-12-26(11-4-1)28-20-22-38-34(25-28)33-24-27(13-10-18-37(33)40(38)30-14-6-3-7-15-30)29-19-21-36-32(23-29)31-16-8-9-17-35(31)39-36/h1-9,11,13-25,39H,10,12H2. The van der Waals surface area contributed by atoms with Gasteiger partial charge in [0.15, 0.2) is 0 Å². The zero-order valence-corrected chi connectivity index (χ0v) is 22.1. The molecule has 2 heterocycles. The van der Waals surface area contributed by atoms with E-state index in [0.29, 0.717) is 0 Å². The van der Waals surface area contributed by atoms with Gasteiger partial charge in [-0.05, 0) is 83.7 Å². The molecule has 0 fully saturated rings. The highest BCUT2D eigenvalue weighted by molar-refractivity contribution is 6.09. The lowest BCUT2D eigenvalue weighted by Gasteiger charge is -2.08. The Labute approximate surface area is 232 Å². The van der Waals surface area contributed by atoms with E-state index < -0.39 is 0 Å². The molecule has 6 aromatic rings. The first kappa shape index (κ1) is 22.9. The maximum absolute atomic E-state index is 3.57. The molecule has 0 radical (unpaired) electrons. The summed E-state index contributed by atoms with van der Waals surface area (Å²) in [4.78, 5) is 3.57. The van der Waals surface area contributed by atoms with Gasteiger partial charge < -0.3 is 9.55 Å². The van der Waals surface area contributed by atoms with Gasteiger partial charge in [-0.15, -0.1) is 0 Å². The summed E-state index contributed by atoms with van der Waals surface area (Å²) in [6, 6.07) is 33.1. The molecule has 40 heavy (non-hydrogen) atoms. The van der Waals surface area contributed by atoms with E-state index in [4.69, 9.17) is 0 Å². The van der Waals surface area contributed by atoms with Gasteiger partial charge in [-0.25, -0.2) is 0 Å². The molecule has 190 valence electrons. The lowest BCUT2D eigenvalue weighted by molar-refractivity contribution is 1.06. The normalized spacial score (nSPS) is 14.8. The predicted molar refractivity (Wildman–Crippen MR) is 171 cm³/mol. The number of H-pyrrole nitrogens is 1. The highest BCUT2D eigenvalue weighted by Gasteiger charge is 2.14. The summed E-state index contributed by atoms with van der Waals surface area (Å²) >= 11 is 0. The molecule has 0 aliphatic heterocycles. The summed E-state index contributed by atoms with van der Waals surface area (Å²) in [7, 11) is 0. The molecule has 0 atom stereocenters. The Balaban J connectivity index is 1.37. The third-order valence-electron chi connectivity index (χ3n) is 8.21. The number of aromatic amines is 1. The highest BCUT2D eigenvalue weighted by Crippen LogP contribution is 2.30. The second-order valence-corrected chi connectivity index (χ2v) is 10.6. The van der Waals surface area contributed by atoms with Crippen LogP contribution in [-0.2, 0) is 0 Å². The topological polar surface area (TPSA) is 20.7 Å². The van der Waals surface area contributed by atoms with E-state index in [9.17, 15) is 0 Å². The molecule has 0 saturated carbocycles. The maximum Gasteiger partial charge on any atom is 0.0541 e. The Kier molecular flexibility index (Phi) is 5.31. The van der Waals surface area contributed by atoms with Crippen LogP contribution >= 0.6 is 0 Å². The van der Waals surface area contributed by atoms with Gasteiger partial charge in [-0.3, -0.25) is 0 Å². The predicted octanol–water partition coefficient (Wildman–Crippen LogP) is 8.21. The summed E-state index contributed by atoms with van der Waals surface area (Å²) in [5.74, 6) is 0. The third kappa shape index (κ3) is 3.72. The van der Waals surface area contributed by atoms with Crippen molar-refractivity contribution in [3.63, 3.8) is 0 Å². The van der Waals surface area contributed by atoms with Gasteiger partial charge in [0.25, 0.3) is 0 Å². The van der Waals surface area contributed by atoms with Gasteiger partial charge in [0.1, 0.15) is 0 Å². The minimum atomic E-state index is 0.876. The molecule has 2 heteroatoms. The van der Waals surface area contributed by atoms with Crippen LogP contribution in [0, 0.1) is 0 Å². The molecule has 0 spiro atoms. The number of rotatable bonds is 3. The number of hydrogen-bond donors (Lipinski definition) is 1. The van der Waals surface area contributed by atoms with Gasteiger partial charge in [-0.1, -0.05) is 91.1 Å². The van der Waals surface area contributed by atoms with Crippen LogP contribution in [0.15, 0.2) is 127 Å². The van der Waals surface area contributed by atoms with Crippen molar-refractivity contribution in [2.24, 2.45) is 0 Å². The summed E-state index contributed by atoms with van der Waals surface area (Å²) in [5, 5.41) is 6.36.